The van der Waals surface area contributed by atoms with Gasteiger partial charge in [0.1, 0.15) is 12.4 Å². The van der Waals surface area contributed by atoms with E-state index in [2.05, 4.69) is 0 Å². The fraction of sp³-hybridized carbons (Fsp3) is 0.400. The van der Waals surface area contributed by atoms with Crippen molar-refractivity contribution in [2.75, 3.05) is 19.5 Å². The lowest BCUT2D eigenvalue weighted by molar-refractivity contribution is 0.0700. The monoisotopic (exact) mass is 217 g/mol. The summed E-state index contributed by atoms with van der Waals surface area (Å²) in [7, 11) is 1.51. The first-order chi connectivity index (χ1) is 7.04. The minimum atomic E-state index is -0.698. The highest BCUT2D eigenvalue weighted by atomic mass is 19.1. The van der Waals surface area contributed by atoms with Crippen LogP contribution in [0.3, 0.4) is 0 Å². The van der Waals surface area contributed by atoms with Crippen LogP contribution in [0.4, 0.5) is 14.5 Å². The third-order valence-corrected chi connectivity index (χ3v) is 1.93. The maximum Gasteiger partial charge on any atom is 0.167 e. The van der Waals surface area contributed by atoms with Crippen LogP contribution >= 0.6 is 0 Å². The molecule has 0 heterocycles. The number of halogens is 2. The van der Waals surface area contributed by atoms with E-state index in [1.165, 1.54) is 7.11 Å². The van der Waals surface area contributed by atoms with Gasteiger partial charge < -0.3 is 15.2 Å². The molecule has 0 fully saturated rings. The largest absolute Gasteiger partial charge is 0.488 e. The van der Waals surface area contributed by atoms with Gasteiger partial charge in [0.05, 0.1) is 11.8 Å². The number of nitrogen functional groups attached to an aromatic ring is 1. The molecule has 0 aliphatic heterocycles. The van der Waals surface area contributed by atoms with E-state index >= 15 is 0 Å². The van der Waals surface area contributed by atoms with Gasteiger partial charge in [-0.3, -0.25) is 0 Å². The van der Waals surface area contributed by atoms with Crippen LogP contribution in [0.5, 0.6) is 5.75 Å². The second-order valence-corrected chi connectivity index (χ2v) is 3.16. The number of hydrogen-bond donors (Lipinski definition) is 1. The molecule has 0 aromatic heterocycles. The molecule has 5 heteroatoms. The molecule has 1 atom stereocenters. The highest BCUT2D eigenvalue weighted by Gasteiger charge is 2.10. The van der Waals surface area contributed by atoms with Crippen molar-refractivity contribution in [3.8, 4) is 5.75 Å². The highest BCUT2D eigenvalue weighted by Crippen LogP contribution is 2.23. The van der Waals surface area contributed by atoms with Crippen molar-refractivity contribution < 1.29 is 18.3 Å². The molecular formula is C10H13F2NO2. The van der Waals surface area contributed by atoms with Crippen LogP contribution in [0.15, 0.2) is 12.1 Å². The molecule has 0 aliphatic carbocycles. The molecule has 1 unspecified atom stereocenters. The average Bonchev–Trinajstić information content (AvgIpc) is 2.21. The molecule has 2 N–H and O–H groups in total. The smallest absolute Gasteiger partial charge is 0.167 e. The summed E-state index contributed by atoms with van der Waals surface area (Å²) < 4.78 is 36.1. The predicted molar refractivity (Wildman–Crippen MR) is 52.7 cm³/mol. The Kier molecular flexibility index (Phi) is 3.85. The van der Waals surface area contributed by atoms with Crippen molar-refractivity contribution in [3.05, 3.63) is 23.8 Å². The molecule has 0 saturated heterocycles. The summed E-state index contributed by atoms with van der Waals surface area (Å²) >= 11 is 0. The second-order valence-electron chi connectivity index (χ2n) is 3.16. The molecule has 0 amide bonds. The zero-order valence-electron chi connectivity index (χ0n) is 8.59. The van der Waals surface area contributed by atoms with E-state index in [0.717, 1.165) is 12.1 Å². The Hall–Kier alpha value is -1.36. The number of anilines is 1. The van der Waals surface area contributed by atoms with Gasteiger partial charge in [0.15, 0.2) is 11.6 Å². The standard InChI is InChI=1S/C10H13F2NO2/c1-6(14-2)5-15-10-4-7(11)9(13)3-8(10)12/h3-4,6H,5,13H2,1-2H3. The number of nitrogens with two attached hydrogens (primary N) is 1. The summed E-state index contributed by atoms with van der Waals surface area (Å²) in [6, 6.07) is 1.81. The van der Waals surface area contributed by atoms with Crippen LogP contribution in [0, 0.1) is 11.6 Å². The Bertz CT molecular complexity index is 344. The lowest BCUT2D eigenvalue weighted by Crippen LogP contribution is -2.16. The first-order valence-electron chi connectivity index (χ1n) is 4.44. The molecule has 0 bridgehead atoms. The lowest BCUT2D eigenvalue weighted by Gasteiger charge is -2.12. The van der Waals surface area contributed by atoms with Gasteiger partial charge in [-0.05, 0) is 6.92 Å². The highest BCUT2D eigenvalue weighted by molar-refractivity contribution is 5.44. The first-order valence-corrected chi connectivity index (χ1v) is 4.44. The molecule has 1 aromatic rings. The minimum Gasteiger partial charge on any atom is -0.488 e. The molecule has 1 aromatic carbocycles. The minimum absolute atomic E-state index is 0.150. The van der Waals surface area contributed by atoms with Crippen LogP contribution in [0.1, 0.15) is 6.92 Å². The van der Waals surface area contributed by atoms with Crippen molar-refractivity contribution in [2.45, 2.75) is 13.0 Å². The maximum absolute atomic E-state index is 13.2. The Labute approximate surface area is 86.8 Å². The second kappa shape index (κ2) is 4.93. The molecular weight excluding hydrogens is 204 g/mol. The van der Waals surface area contributed by atoms with E-state index in [0.29, 0.717) is 0 Å². The SMILES string of the molecule is COC(C)COc1cc(F)c(N)cc1F. The van der Waals surface area contributed by atoms with Gasteiger partial charge in [0, 0.05) is 19.2 Å². The van der Waals surface area contributed by atoms with Crippen molar-refractivity contribution in [3.63, 3.8) is 0 Å². The van der Waals surface area contributed by atoms with Crippen molar-refractivity contribution in [1.29, 1.82) is 0 Å². The zero-order valence-corrected chi connectivity index (χ0v) is 8.59. The van der Waals surface area contributed by atoms with Crippen LogP contribution in [-0.2, 0) is 4.74 Å². The maximum atomic E-state index is 13.2. The van der Waals surface area contributed by atoms with Crippen LogP contribution in [0.25, 0.3) is 0 Å². The van der Waals surface area contributed by atoms with E-state index < -0.39 is 11.6 Å². The fourth-order valence-corrected chi connectivity index (χ4v) is 0.930. The van der Waals surface area contributed by atoms with Crippen molar-refractivity contribution in [2.24, 2.45) is 0 Å². The van der Waals surface area contributed by atoms with E-state index in [-0.39, 0.29) is 24.1 Å². The molecule has 0 saturated carbocycles. The number of hydrogen-bond acceptors (Lipinski definition) is 3. The van der Waals surface area contributed by atoms with Gasteiger partial charge in [-0.1, -0.05) is 0 Å². The van der Waals surface area contributed by atoms with Gasteiger partial charge in [0.25, 0.3) is 0 Å². The van der Waals surface area contributed by atoms with Crippen LogP contribution in [0.2, 0.25) is 0 Å². The van der Waals surface area contributed by atoms with Gasteiger partial charge in [-0.2, -0.15) is 0 Å². The summed E-state index contributed by atoms with van der Waals surface area (Å²) in [5, 5.41) is 0. The van der Waals surface area contributed by atoms with E-state index in [1.54, 1.807) is 6.92 Å². The van der Waals surface area contributed by atoms with Gasteiger partial charge in [0.2, 0.25) is 0 Å². The number of benzene rings is 1. The Morgan fingerprint density at radius 1 is 1.33 bits per heavy atom. The molecule has 1 rings (SSSR count). The lowest BCUT2D eigenvalue weighted by atomic mass is 10.3. The Morgan fingerprint density at radius 3 is 2.60 bits per heavy atom. The fourth-order valence-electron chi connectivity index (χ4n) is 0.930. The number of methoxy groups -OCH3 is 1. The molecule has 0 radical (unpaired) electrons. The number of rotatable bonds is 4. The molecule has 15 heavy (non-hydrogen) atoms. The Balaban J connectivity index is 2.73. The first kappa shape index (κ1) is 11.7. The van der Waals surface area contributed by atoms with Gasteiger partial charge in [-0.25, -0.2) is 8.78 Å². The van der Waals surface area contributed by atoms with Gasteiger partial charge >= 0.3 is 0 Å². The van der Waals surface area contributed by atoms with Crippen molar-refractivity contribution >= 4 is 5.69 Å². The summed E-state index contributed by atoms with van der Waals surface area (Å²) in [6.45, 7) is 1.91. The van der Waals surface area contributed by atoms with Gasteiger partial charge in [-0.15, -0.1) is 0 Å². The van der Waals surface area contributed by atoms with Crippen molar-refractivity contribution in [1.82, 2.24) is 0 Å². The van der Waals surface area contributed by atoms with E-state index in [9.17, 15) is 8.78 Å². The van der Waals surface area contributed by atoms with E-state index in [4.69, 9.17) is 15.2 Å². The van der Waals surface area contributed by atoms with Crippen LogP contribution in [-0.4, -0.2) is 19.8 Å². The Morgan fingerprint density at radius 2 is 2.00 bits per heavy atom. The quantitative estimate of drug-likeness (QED) is 0.784. The third kappa shape index (κ3) is 3.06. The third-order valence-electron chi connectivity index (χ3n) is 1.93. The average molecular weight is 217 g/mol. The summed E-state index contributed by atoms with van der Waals surface area (Å²) in [5.41, 5.74) is 4.94. The summed E-state index contributed by atoms with van der Waals surface area (Å²) in [4.78, 5) is 0. The van der Waals surface area contributed by atoms with Crippen LogP contribution < -0.4 is 10.5 Å². The topological polar surface area (TPSA) is 44.5 Å². The number of ether oxygens (including phenoxy) is 2. The normalized spacial score (nSPS) is 12.5. The summed E-state index contributed by atoms with van der Waals surface area (Å²) in [6.07, 6.45) is -0.190. The summed E-state index contributed by atoms with van der Waals surface area (Å²) in [5.74, 6) is -1.54. The molecule has 0 spiro atoms. The molecule has 3 nitrogen and oxygen atoms in total. The zero-order chi connectivity index (χ0) is 11.4. The predicted octanol–water partition coefficient (Wildman–Crippen LogP) is 1.96. The molecule has 0 aliphatic rings. The molecule has 84 valence electrons. The van der Waals surface area contributed by atoms with E-state index in [1.807, 2.05) is 0 Å².